The summed E-state index contributed by atoms with van der Waals surface area (Å²) in [5.74, 6) is 0. The van der Waals surface area contributed by atoms with E-state index in [9.17, 15) is 0 Å². The van der Waals surface area contributed by atoms with Crippen molar-refractivity contribution in [2.24, 2.45) is 0 Å². The van der Waals surface area contributed by atoms with Gasteiger partial charge in [0.2, 0.25) is 0 Å². The molecule has 2 unspecified atom stereocenters. The van der Waals surface area contributed by atoms with Crippen LogP contribution in [0.25, 0.3) is 0 Å². The Morgan fingerprint density at radius 2 is 0.833 bits per heavy atom. The van der Waals surface area contributed by atoms with Gasteiger partial charge in [-0.1, -0.05) is 0 Å². The maximum absolute atomic E-state index is 2.80. The van der Waals surface area contributed by atoms with Gasteiger partial charge in [0.1, 0.15) is 0 Å². The van der Waals surface area contributed by atoms with Gasteiger partial charge < -0.3 is 0 Å². The Kier molecular flexibility index (Phi) is 6.16. The Balaban J connectivity index is 4.41. The van der Waals surface area contributed by atoms with Crippen molar-refractivity contribution in [3.05, 3.63) is 0 Å². The number of hydrogen-bond donors (Lipinski definition) is 0. The van der Waals surface area contributed by atoms with Gasteiger partial charge in [-0.25, -0.2) is 0 Å². The van der Waals surface area contributed by atoms with Gasteiger partial charge in [-0.15, -0.1) is 0 Å². The second-order valence-corrected chi connectivity index (χ2v) is 48.6. The Bertz CT molecular complexity index is 128. The number of halogens is 2. The van der Waals surface area contributed by atoms with E-state index in [0.29, 0.717) is 8.41 Å². The summed E-state index contributed by atoms with van der Waals surface area (Å²) in [6.07, 6.45) is 0. The molecule has 0 N–H and O–H groups in total. The number of rotatable bonds is 1. The third kappa shape index (κ3) is 4.88. The summed E-state index contributed by atoms with van der Waals surface area (Å²) >= 11 is 5.61. The van der Waals surface area contributed by atoms with Crippen LogP contribution in [0.3, 0.4) is 0 Å². The molecule has 0 heterocycles. The molecule has 0 nitrogen and oxygen atoms in total. The Labute approximate surface area is 107 Å². The first-order valence-electron chi connectivity index (χ1n) is 3.99. The maximum atomic E-state index is 2.80. The van der Waals surface area contributed by atoms with E-state index in [4.69, 9.17) is 0 Å². The third-order valence-electron chi connectivity index (χ3n) is 1.26. The third-order valence-corrected chi connectivity index (χ3v) is 83.6. The van der Waals surface area contributed by atoms with Gasteiger partial charge in [0.15, 0.2) is 0 Å². The van der Waals surface area contributed by atoms with Crippen LogP contribution in [0.1, 0.15) is 41.5 Å². The van der Waals surface area contributed by atoms with Crippen LogP contribution in [-0.2, 0) is 0 Å². The van der Waals surface area contributed by atoms with Gasteiger partial charge >= 0.3 is 109 Å². The molecule has 0 aromatic heterocycles. The average Bonchev–Trinajstić information content (AvgIpc) is 1.80. The summed E-state index contributed by atoms with van der Waals surface area (Å²) in [5.41, 5.74) is 0. The minimum absolute atomic E-state index is 0.576. The number of hydrogen-bond acceptors (Lipinski definition) is 0. The molecule has 74 valence electrons. The van der Waals surface area contributed by atoms with Crippen LogP contribution < -0.4 is 0 Å². The zero-order valence-electron chi connectivity index (χ0n) is 8.65. The molecule has 0 aromatic carbocycles. The molecule has 0 spiro atoms. The van der Waals surface area contributed by atoms with Gasteiger partial charge in [-0.3, -0.25) is 0 Å². The molecule has 0 aromatic rings. The van der Waals surface area contributed by atoms with Crippen molar-refractivity contribution in [2.45, 2.75) is 49.9 Å². The molecule has 0 aliphatic carbocycles. The molecule has 0 saturated carbocycles. The molecule has 2 atom stereocenters. The van der Waals surface area contributed by atoms with E-state index < -0.39 is 18.5 Å². The van der Waals surface area contributed by atoms with Crippen LogP contribution in [0.4, 0.5) is 0 Å². The summed E-state index contributed by atoms with van der Waals surface area (Å²) in [6, 6.07) is 0. The summed E-state index contributed by atoms with van der Waals surface area (Å²) in [5, 5.41) is 0. The quantitative estimate of drug-likeness (QED) is 0.354. The second kappa shape index (κ2) is 5.07. The predicted octanol–water partition coefficient (Wildman–Crippen LogP) is 4.52. The van der Waals surface area contributed by atoms with Gasteiger partial charge in [0, 0.05) is 0 Å². The van der Waals surface area contributed by atoms with Crippen molar-refractivity contribution in [3.63, 3.8) is 0 Å². The van der Waals surface area contributed by atoms with Gasteiger partial charge in [-0.05, 0) is 0 Å². The van der Waals surface area contributed by atoms with Gasteiger partial charge in [-0.2, -0.15) is 0 Å². The molecule has 0 rings (SSSR count). The first-order chi connectivity index (χ1) is 5.07. The molecular formula is C8H18As2I2. The van der Waals surface area contributed by atoms with Crippen molar-refractivity contribution in [3.8, 4) is 0 Å². The van der Waals surface area contributed by atoms with Crippen LogP contribution >= 0.6 is 40.3 Å². The molecule has 0 aliphatic heterocycles. The fourth-order valence-corrected chi connectivity index (χ4v) is 49.2. The second-order valence-electron chi connectivity index (χ2n) is 4.86. The molecule has 12 heavy (non-hydrogen) atoms. The summed E-state index contributed by atoms with van der Waals surface area (Å²) in [6.45, 7) is 14.5. The monoisotopic (exact) mass is 518 g/mol. The summed E-state index contributed by atoms with van der Waals surface area (Å²) in [7, 11) is -1.15. The zero-order chi connectivity index (χ0) is 10.2. The van der Waals surface area contributed by atoms with Crippen molar-refractivity contribution < 1.29 is 0 Å². The fraction of sp³-hybridized carbons (Fsp3) is 1.00. The van der Waals surface area contributed by atoms with Crippen LogP contribution in [0.5, 0.6) is 0 Å². The normalized spacial score (nSPS) is 19.0. The SMILES string of the molecule is CC(C)(C)[As](I)[As](I)C(C)(C)C. The van der Waals surface area contributed by atoms with E-state index >= 15 is 0 Å². The molecule has 0 aliphatic rings. The molecule has 0 radical (unpaired) electrons. The topological polar surface area (TPSA) is 0 Å². The van der Waals surface area contributed by atoms with E-state index in [0.717, 1.165) is 0 Å². The van der Waals surface area contributed by atoms with E-state index in [-0.39, 0.29) is 0 Å². The van der Waals surface area contributed by atoms with Crippen LogP contribution in [0.2, 0.25) is 8.41 Å². The van der Waals surface area contributed by atoms with E-state index in [1.54, 1.807) is 0 Å². The first-order valence-corrected chi connectivity index (χ1v) is 22.5. The molecule has 0 saturated heterocycles. The summed E-state index contributed by atoms with van der Waals surface area (Å²) in [4.78, 5) is 0. The molecule has 0 fully saturated rings. The molecular weight excluding hydrogens is 500 g/mol. The van der Waals surface area contributed by atoms with Gasteiger partial charge in [0.05, 0.1) is 0 Å². The Hall–Kier alpha value is 2.58. The Morgan fingerprint density at radius 3 is 0.917 bits per heavy atom. The first kappa shape index (κ1) is 14.6. The summed E-state index contributed by atoms with van der Waals surface area (Å²) < 4.78 is 1.25. The van der Waals surface area contributed by atoms with Crippen molar-refractivity contribution >= 4 is 58.7 Å². The minimum atomic E-state index is -0.576. The van der Waals surface area contributed by atoms with Crippen molar-refractivity contribution in [1.29, 1.82) is 0 Å². The molecule has 0 bridgehead atoms. The predicted molar refractivity (Wildman–Crippen MR) is 79.0 cm³/mol. The zero-order valence-corrected chi connectivity index (χ0v) is 16.7. The van der Waals surface area contributed by atoms with Crippen molar-refractivity contribution in [1.82, 2.24) is 0 Å². The van der Waals surface area contributed by atoms with E-state index in [2.05, 4.69) is 81.8 Å². The van der Waals surface area contributed by atoms with Gasteiger partial charge in [0.25, 0.3) is 0 Å². The van der Waals surface area contributed by atoms with E-state index in [1.165, 1.54) is 0 Å². The Morgan fingerprint density at radius 1 is 0.667 bits per heavy atom. The average molecular weight is 518 g/mol. The van der Waals surface area contributed by atoms with Crippen LogP contribution in [0, 0.1) is 0 Å². The van der Waals surface area contributed by atoms with E-state index in [1.807, 2.05) is 0 Å². The molecule has 0 amide bonds. The van der Waals surface area contributed by atoms with Crippen molar-refractivity contribution in [2.75, 3.05) is 0 Å². The standard InChI is InChI=1S/C8H18As2I2/c1-7(2,3)9(11)10(12)8(4,5)6/h1-6H3. The fourth-order valence-electron chi connectivity index (χ4n) is 0.527. The van der Waals surface area contributed by atoms with Crippen LogP contribution in [-0.4, -0.2) is 18.5 Å². The van der Waals surface area contributed by atoms with Crippen LogP contribution in [0.15, 0.2) is 0 Å². The molecule has 4 heteroatoms.